The van der Waals surface area contributed by atoms with Gasteiger partial charge in [0.1, 0.15) is 5.82 Å². The Hall–Kier alpha value is -3.35. The number of benzene rings is 3. The molecule has 0 aliphatic heterocycles. The highest BCUT2D eigenvalue weighted by Crippen LogP contribution is 2.26. The number of halogens is 2. The van der Waals surface area contributed by atoms with Crippen LogP contribution in [0, 0.1) is 0 Å². The Bertz CT molecular complexity index is 1220. The molecule has 0 radical (unpaired) electrons. The minimum atomic E-state index is -0.636. The zero-order valence-corrected chi connectivity index (χ0v) is 17.0. The van der Waals surface area contributed by atoms with Gasteiger partial charge in [-0.05, 0) is 36.4 Å². The maximum atomic E-state index is 12.6. The number of esters is 1. The molecule has 0 spiro atoms. The number of rotatable bonds is 5. The predicted octanol–water partition coefficient (Wildman–Crippen LogP) is 5.33. The van der Waals surface area contributed by atoms with Crippen LogP contribution in [0.3, 0.4) is 0 Å². The Labute approximate surface area is 181 Å². The van der Waals surface area contributed by atoms with E-state index in [4.69, 9.17) is 27.9 Å². The van der Waals surface area contributed by atoms with E-state index in [1.807, 2.05) is 24.3 Å². The number of carbonyl (C=O) groups is 2. The van der Waals surface area contributed by atoms with Gasteiger partial charge in [-0.1, -0.05) is 53.5 Å². The second kappa shape index (κ2) is 8.57. The molecule has 3 aromatic carbocycles. The number of anilines is 1. The lowest BCUT2D eigenvalue weighted by Gasteiger charge is -2.10. The summed E-state index contributed by atoms with van der Waals surface area (Å²) in [5, 5.41) is 3.32. The first kappa shape index (κ1) is 19.9. The van der Waals surface area contributed by atoms with Crippen LogP contribution in [-0.4, -0.2) is 28.5 Å². The number of hydrogen-bond acceptors (Lipinski definition) is 4. The van der Waals surface area contributed by atoms with Crippen LogP contribution in [0.15, 0.2) is 66.7 Å². The zero-order chi connectivity index (χ0) is 21.1. The SMILES string of the molecule is O=C(COC(=O)c1ccccc1-c1nc2ccccc2[nH]1)Nc1ccc(Cl)cc1Cl. The molecule has 0 bridgehead atoms. The van der Waals surface area contributed by atoms with E-state index < -0.39 is 18.5 Å². The summed E-state index contributed by atoms with van der Waals surface area (Å²) in [6.07, 6.45) is 0. The number of nitrogens with one attached hydrogen (secondary N) is 2. The lowest BCUT2D eigenvalue weighted by Crippen LogP contribution is -2.21. The molecule has 0 fully saturated rings. The summed E-state index contributed by atoms with van der Waals surface area (Å²) < 4.78 is 5.20. The predicted molar refractivity (Wildman–Crippen MR) is 117 cm³/mol. The van der Waals surface area contributed by atoms with Crippen molar-refractivity contribution in [1.82, 2.24) is 9.97 Å². The minimum absolute atomic E-state index is 0.289. The largest absolute Gasteiger partial charge is 0.452 e. The summed E-state index contributed by atoms with van der Waals surface area (Å²) in [6, 6.07) is 19.1. The van der Waals surface area contributed by atoms with Gasteiger partial charge in [0.15, 0.2) is 6.61 Å². The summed E-state index contributed by atoms with van der Waals surface area (Å²) in [7, 11) is 0. The Morgan fingerprint density at radius 1 is 1.00 bits per heavy atom. The van der Waals surface area contributed by atoms with Crippen molar-refractivity contribution < 1.29 is 14.3 Å². The molecule has 150 valence electrons. The average molecular weight is 440 g/mol. The fraction of sp³-hybridized carbons (Fsp3) is 0.0455. The van der Waals surface area contributed by atoms with Gasteiger partial charge in [0, 0.05) is 10.6 Å². The van der Waals surface area contributed by atoms with Crippen LogP contribution in [0.1, 0.15) is 10.4 Å². The Morgan fingerprint density at radius 2 is 1.77 bits per heavy atom. The van der Waals surface area contributed by atoms with Crippen LogP contribution in [0.4, 0.5) is 5.69 Å². The molecule has 2 N–H and O–H groups in total. The van der Waals surface area contributed by atoms with Gasteiger partial charge >= 0.3 is 5.97 Å². The van der Waals surface area contributed by atoms with Gasteiger partial charge in [0.05, 0.1) is 27.3 Å². The van der Waals surface area contributed by atoms with Crippen molar-refractivity contribution in [3.63, 3.8) is 0 Å². The summed E-state index contributed by atoms with van der Waals surface area (Å²) in [5.74, 6) is -0.613. The highest BCUT2D eigenvalue weighted by Gasteiger charge is 2.18. The lowest BCUT2D eigenvalue weighted by atomic mass is 10.1. The molecule has 8 heteroatoms. The van der Waals surface area contributed by atoms with Gasteiger partial charge < -0.3 is 15.0 Å². The number of amides is 1. The highest BCUT2D eigenvalue weighted by atomic mass is 35.5. The number of nitrogens with zero attached hydrogens (tertiary/aromatic N) is 1. The fourth-order valence-corrected chi connectivity index (χ4v) is 3.39. The third-order valence-electron chi connectivity index (χ3n) is 4.33. The number of fused-ring (bicyclic) bond motifs is 1. The van der Waals surface area contributed by atoms with E-state index in [0.29, 0.717) is 27.7 Å². The number of para-hydroxylation sites is 2. The maximum Gasteiger partial charge on any atom is 0.339 e. The van der Waals surface area contributed by atoms with E-state index >= 15 is 0 Å². The first-order chi connectivity index (χ1) is 14.5. The quantitative estimate of drug-likeness (QED) is 0.411. The van der Waals surface area contributed by atoms with Crippen molar-refractivity contribution in [2.24, 2.45) is 0 Å². The van der Waals surface area contributed by atoms with Crippen molar-refractivity contribution in [3.8, 4) is 11.4 Å². The number of H-pyrrole nitrogens is 1. The molecule has 30 heavy (non-hydrogen) atoms. The van der Waals surface area contributed by atoms with E-state index in [2.05, 4.69) is 15.3 Å². The molecule has 0 atom stereocenters. The number of aromatic amines is 1. The third-order valence-corrected chi connectivity index (χ3v) is 4.88. The maximum absolute atomic E-state index is 12.6. The van der Waals surface area contributed by atoms with Gasteiger partial charge in [-0.3, -0.25) is 4.79 Å². The van der Waals surface area contributed by atoms with Crippen molar-refractivity contribution in [2.45, 2.75) is 0 Å². The van der Waals surface area contributed by atoms with Gasteiger partial charge in [0.25, 0.3) is 5.91 Å². The standard InChI is InChI=1S/C22H15Cl2N3O3/c23-13-9-10-17(16(24)11-13)25-20(28)12-30-22(29)15-6-2-1-5-14(15)21-26-18-7-3-4-8-19(18)27-21/h1-11H,12H2,(H,25,28)(H,26,27). The summed E-state index contributed by atoms with van der Waals surface area (Å²) in [4.78, 5) is 32.5. The number of imidazole rings is 1. The molecule has 0 saturated heterocycles. The number of carbonyl (C=O) groups excluding carboxylic acids is 2. The van der Waals surface area contributed by atoms with Crippen LogP contribution < -0.4 is 5.32 Å². The van der Waals surface area contributed by atoms with Crippen molar-refractivity contribution >= 4 is 51.8 Å². The molecular formula is C22H15Cl2N3O3. The molecule has 6 nitrogen and oxygen atoms in total. The van der Waals surface area contributed by atoms with E-state index in [-0.39, 0.29) is 5.02 Å². The first-order valence-corrected chi connectivity index (χ1v) is 9.73. The molecular weight excluding hydrogens is 425 g/mol. The van der Waals surface area contributed by atoms with Crippen molar-refractivity contribution in [3.05, 3.63) is 82.3 Å². The molecule has 1 heterocycles. The molecule has 1 amide bonds. The van der Waals surface area contributed by atoms with Gasteiger partial charge in [0.2, 0.25) is 0 Å². The number of hydrogen-bond donors (Lipinski definition) is 2. The fourth-order valence-electron chi connectivity index (χ4n) is 2.93. The molecule has 4 rings (SSSR count). The minimum Gasteiger partial charge on any atom is -0.452 e. The lowest BCUT2D eigenvalue weighted by molar-refractivity contribution is -0.119. The van der Waals surface area contributed by atoms with E-state index in [0.717, 1.165) is 11.0 Å². The summed E-state index contributed by atoms with van der Waals surface area (Å²) in [6.45, 7) is -0.466. The molecule has 0 aliphatic carbocycles. The molecule has 4 aromatic rings. The smallest absolute Gasteiger partial charge is 0.339 e. The van der Waals surface area contributed by atoms with Gasteiger partial charge in [-0.2, -0.15) is 0 Å². The van der Waals surface area contributed by atoms with Crippen LogP contribution in [0.2, 0.25) is 10.0 Å². The van der Waals surface area contributed by atoms with Crippen LogP contribution in [0.5, 0.6) is 0 Å². The Morgan fingerprint density at radius 3 is 2.57 bits per heavy atom. The van der Waals surface area contributed by atoms with Crippen LogP contribution in [0.25, 0.3) is 22.4 Å². The number of ether oxygens (including phenoxy) is 1. The summed E-state index contributed by atoms with van der Waals surface area (Å²) in [5.41, 5.74) is 2.91. The Balaban J connectivity index is 1.48. The number of aromatic nitrogens is 2. The van der Waals surface area contributed by atoms with Gasteiger partial charge in [-0.25, -0.2) is 9.78 Å². The monoisotopic (exact) mass is 439 g/mol. The van der Waals surface area contributed by atoms with Crippen LogP contribution >= 0.6 is 23.2 Å². The first-order valence-electron chi connectivity index (χ1n) is 8.97. The second-order valence-corrected chi connectivity index (χ2v) is 7.24. The molecule has 0 saturated carbocycles. The Kier molecular flexibility index (Phi) is 5.70. The van der Waals surface area contributed by atoms with E-state index in [1.54, 1.807) is 36.4 Å². The molecule has 0 aliphatic rings. The highest BCUT2D eigenvalue weighted by molar-refractivity contribution is 6.36. The molecule has 0 unspecified atom stereocenters. The van der Waals surface area contributed by atoms with Crippen LogP contribution in [-0.2, 0) is 9.53 Å². The summed E-state index contributed by atoms with van der Waals surface area (Å²) >= 11 is 11.9. The van der Waals surface area contributed by atoms with Crippen molar-refractivity contribution in [1.29, 1.82) is 0 Å². The van der Waals surface area contributed by atoms with Gasteiger partial charge in [-0.15, -0.1) is 0 Å². The molecule has 1 aromatic heterocycles. The topological polar surface area (TPSA) is 84.1 Å². The third kappa shape index (κ3) is 4.30. The van der Waals surface area contributed by atoms with E-state index in [9.17, 15) is 9.59 Å². The zero-order valence-electron chi connectivity index (χ0n) is 15.5. The van der Waals surface area contributed by atoms with Crippen molar-refractivity contribution in [2.75, 3.05) is 11.9 Å². The van der Waals surface area contributed by atoms with E-state index in [1.165, 1.54) is 6.07 Å². The average Bonchev–Trinajstić information content (AvgIpc) is 3.18. The second-order valence-electron chi connectivity index (χ2n) is 6.40. The normalized spacial score (nSPS) is 10.7.